The van der Waals surface area contributed by atoms with E-state index >= 15 is 0 Å². The number of rotatable bonds is 8. The number of phosphoric ester groups is 1. The second-order valence-corrected chi connectivity index (χ2v) is 10.6. The summed E-state index contributed by atoms with van der Waals surface area (Å²) in [5.74, 6) is -0.276. The van der Waals surface area contributed by atoms with Crippen molar-refractivity contribution in [1.82, 2.24) is 19.5 Å². The van der Waals surface area contributed by atoms with Crippen LogP contribution in [0.4, 0.5) is 5.95 Å². The number of nitrogens with two attached hydrogens (primary N) is 1. The molecule has 0 aromatic carbocycles. The Bertz CT molecular complexity index is 1220. The zero-order chi connectivity index (χ0) is 24.1. The first-order valence-electron chi connectivity index (χ1n) is 8.11. The van der Waals surface area contributed by atoms with E-state index in [4.69, 9.17) is 25.2 Å². The molecule has 1 fully saturated rings. The average Bonchev–Trinajstić information content (AvgIpc) is 3.12. The Labute approximate surface area is 195 Å². The molecule has 0 bridgehead atoms. The first kappa shape index (κ1) is 28.3. The fourth-order valence-corrected chi connectivity index (χ4v) is 5.73. The van der Waals surface area contributed by atoms with Crippen LogP contribution in [0.1, 0.15) is 7.65 Å². The number of aliphatic hydroxyl groups excluding tert-OH is 2. The molecule has 4 unspecified atom stereocenters. The number of nitrogens with one attached hydrogen (secondary N) is 1. The van der Waals surface area contributed by atoms with Gasteiger partial charge in [0.1, 0.15) is 18.3 Å². The van der Waals surface area contributed by atoms with Gasteiger partial charge in [-0.2, -0.15) is 13.6 Å². The normalized spacial score (nSPS) is 27.1. The number of phosphoric acid groups is 3. The van der Waals surface area contributed by atoms with Crippen LogP contribution in [0.15, 0.2) is 11.1 Å². The Balaban J connectivity index is 0.00000289. The third-order valence-corrected chi connectivity index (χ3v) is 7.68. The number of H-pyrrole nitrogens is 1. The SMILES string of the molecule is Nc1nc2c(ncn2[C@@H]2O[C@H](COP(=O)(O)OP(=O)(O)OP(=O)(O)O)C(O)C2O)c(=O)[nH]1.[H-].[Li+]. The Morgan fingerprint density at radius 2 is 1.79 bits per heavy atom. The summed E-state index contributed by atoms with van der Waals surface area (Å²) in [6.45, 7) is -1.01. The molecule has 0 aliphatic carbocycles. The molecule has 33 heavy (non-hydrogen) atoms. The predicted octanol–water partition coefficient (Wildman–Crippen LogP) is -5.22. The molecule has 3 heterocycles. The standard InChI is InChI=1S/C10H16N5O14P3.Li.H/c11-10-13-7-4(8(18)14-10)12-2-15(7)9-6(17)5(16)3(27-9)1-26-31(22,23)29-32(24,25)28-30(19,20)21;;/h2-3,5-6,9,16-17H,1H2,(H,22,23)(H,24,25)(H2,19,20,21)(H3,11,13,14,18);;/q;+1;-1/t3-,5?,6?,9-;;/m1../s1. The summed E-state index contributed by atoms with van der Waals surface area (Å²) >= 11 is 0. The van der Waals surface area contributed by atoms with Crippen molar-refractivity contribution >= 4 is 40.6 Å². The van der Waals surface area contributed by atoms with Crippen molar-refractivity contribution in [2.75, 3.05) is 12.3 Å². The topological polar surface area (TPSA) is 299 Å². The van der Waals surface area contributed by atoms with Gasteiger partial charge in [-0.05, 0) is 0 Å². The van der Waals surface area contributed by atoms with Gasteiger partial charge in [0.25, 0.3) is 5.56 Å². The van der Waals surface area contributed by atoms with Gasteiger partial charge in [-0.25, -0.2) is 18.7 Å². The van der Waals surface area contributed by atoms with Crippen molar-refractivity contribution in [3.05, 3.63) is 16.7 Å². The van der Waals surface area contributed by atoms with Gasteiger partial charge < -0.3 is 41.7 Å². The molecule has 3 rings (SSSR count). The number of aromatic amines is 1. The van der Waals surface area contributed by atoms with Gasteiger partial charge in [0.15, 0.2) is 17.4 Å². The Hall–Kier alpha value is -0.963. The summed E-state index contributed by atoms with van der Waals surface area (Å²) in [5, 5.41) is 20.4. The van der Waals surface area contributed by atoms with Gasteiger partial charge in [-0.3, -0.25) is 18.9 Å². The Morgan fingerprint density at radius 1 is 1.15 bits per heavy atom. The van der Waals surface area contributed by atoms with Crippen LogP contribution in [-0.2, 0) is 31.6 Å². The number of fused-ring (bicyclic) bond motifs is 1. The van der Waals surface area contributed by atoms with Crippen molar-refractivity contribution in [2.24, 2.45) is 0 Å². The zero-order valence-electron chi connectivity index (χ0n) is 17.3. The third kappa shape index (κ3) is 6.80. The number of nitrogens with zero attached hydrogens (tertiary/aromatic N) is 3. The summed E-state index contributed by atoms with van der Waals surface area (Å²) in [7, 11) is -16.8. The van der Waals surface area contributed by atoms with E-state index in [9.17, 15) is 33.6 Å². The van der Waals surface area contributed by atoms with E-state index in [-0.39, 0.29) is 37.4 Å². The van der Waals surface area contributed by atoms with E-state index in [2.05, 4.69) is 28.1 Å². The second-order valence-electron chi connectivity index (χ2n) is 6.21. The molecule has 0 amide bonds. The zero-order valence-corrected chi connectivity index (χ0v) is 19.0. The van der Waals surface area contributed by atoms with Gasteiger partial charge in [0.05, 0.1) is 12.9 Å². The van der Waals surface area contributed by atoms with Crippen molar-refractivity contribution in [3.8, 4) is 0 Å². The van der Waals surface area contributed by atoms with Crippen LogP contribution in [0.3, 0.4) is 0 Å². The molecule has 9 N–H and O–H groups in total. The average molecular weight is 531 g/mol. The maximum atomic E-state index is 11.9. The number of anilines is 1. The van der Waals surface area contributed by atoms with Gasteiger partial charge in [-0.1, -0.05) is 0 Å². The summed E-state index contributed by atoms with van der Waals surface area (Å²) in [4.78, 5) is 57.3. The van der Waals surface area contributed by atoms with Crippen LogP contribution in [-0.4, -0.2) is 74.2 Å². The van der Waals surface area contributed by atoms with Gasteiger partial charge in [0, 0.05) is 0 Å². The number of imidazole rings is 1. The minimum atomic E-state index is -5.73. The smallest absolute Gasteiger partial charge is 1.00 e. The monoisotopic (exact) mass is 531 g/mol. The molecule has 6 atom stereocenters. The fraction of sp³-hybridized carbons (Fsp3) is 0.500. The molecule has 23 heteroatoms. The molecule has 0 saturated carbocycles. The second kappa shape index (κ2) is 9.96. The Morgan fingerprint density at radius 3 is 2.39 bits per heavy atom. The van der Waals surface area contributed by atoms with E-state index in [1.807, 2.05) is 0 Å². The largest absolute Gasteiger partial charge is 1.00 e. The Kier molecular flexibility index (Phi) is 8.53. The molecule has 0 spiro atoms. The predicted molar refractivity (Wildman–Crippen MR) is 99.4 cm³/mol. The molecule has 2 aromatic rings. The molecule has 182 valence electrons. The van der Waals surface area contributed by atoms with E-state index in [1.54, 1.807) is 0 Å². The molecule has 0 radical (unpaired) electrons. The molecule has 2 aromatic heterocycles. The number of hydrogen-bond donors (Lipinski definition) is 8. The van der Waals surface area contributed by atoms with Crippen LogP contribution >= 0.6 is 23.5 Å². The van der Waals surface area contributed by atoms with Crippen molar-refractivity contribution in [1.29, 1.82) is 0 Å². The van der Waals surface area contributed by atoms with Crippen LogP contribution in [0.25, 0.3) is 11.2 Å². The third-order valence-electron chi connectivity index (χ3n) is 3.88. The summed E-state index contributed by atoms with van der Waals surface area (Å²) in [6, 6.07) is 0. The van der Waals surface area contributed by atoms with Gasteiger partial charge in [-0.15, -0.1) is 0 Å². The summed E-state index contributed by atoms with van der Waals surface area (Å²) < 4.78 is 51.6. The number of ether oxygens (including phenoxy) is 1. The minimum Gasteiger partial charge on any atom is -1.00 e. The summed E-state index contributed by atoms with van der Waals surface area (Å²) in [5.41, 5.74) is 4.50. The first-order valence-corrected chi connectivity index (χ1v) is 12.6. The quantitative estimate of drug-likeness (QED) is 0.117. The number of aromatic nitrogens is 4. The molecule has 19 nitrogen and oxygen atoms in total. The van der Waals surface area contributed by atoms with Gasteiger partial charge >= 0.3 is 42.3 Å². The number of nitrogen functional groups attached to an aromatic ring is 1. The first-order chi connectivity index (χ1) is 14.6. The van der Waals surface area contributed by atoms with Crippen LogP contribution in [0.2, 0.25) is 0 Å². The number of aliphatic hydroxyl groups is 2. The maximum absolute atomic E-state index is 11.9. The van der Waals surface area contributed by atoms with Crippen LogP contribution in [0.5, 0.6) is 0 Å². The van der Waals surface area contributed by atoms with E-state index in [0.29, 0.717) is 0 Å². The van der Waals surface area contributed by atoms with E-state index < -0.39 is 60.2 Å². The van der Waals surface area contributed by atoms with E-state index in [0.717, 1.165) is 10.9 Å². The number of hydrogen-bond acceptors (Lipinski definition) is 13. The molecule has 1 saturated heterocycles. The minimum absolute atomic E-state index is 0. The molecular weight excluding hydrogens is 514 g/mol. The molecular formula is C10H17LiN5O14P3. The van der Waals surface area contributed by atoms with E-state index in [1.165, 1.54) is 0 Å². The molecule has 1 aliphatic rings. The fourth-order valence-electron chi connectivity index (χ4n) is 2.70. The van der Waals surface area contributed by atoms with Crippen molar-refractivity contribution < 1.29 is 81.7 Å². The van der Waals surface area contributed by atoms with Gasteiger partial charge in [0.2, 0.25) is 5.95 Å². The molecule has 1 aliphatic heterocycles. The summed E-state index contributed by atoms with van der Waals surface area (Å²) in [6.07, 6.45) is -5.33. The maximum Gasteiger partial charge on any atom is 1.00 e. The van der Waals surface area contributed by atoms with Crippen LogP contribution in [0, 0.1) is 0 Å². The van der Waals surface area contributed by atoms with Crippen molar-refractivity contribution in [2.45, 2.75) is 24.5 Å². The van der Waals surface area contributed by atoms with Crippen molar-refractivity contribution in [3.63, 3.8) is 0 Å². The van der Waals surface area contributed by atoms with Crippen LogP contribution < -0.4 is 30.2 Å².